The van der Waals surface area contributed by atoms with Crippen LogP contribution in [0.1, 0.15) is 35.2 Å². The first-order valence-corrected chi connectivity index (χ1v) is 5.57. The van der Waals surface area contributed by atoms with Crippen LogP contribution < -0.4 is 0 Å². The summed E-state index contributed by atoms with van der Waals surface area (Å²) in [6.07, 6.45) is -0.0297. The fraction of sp³-hybridized carbons (Fsp3) is 0.333. The molecule has 1 aliphatic rings. The average Bonchev–Trinajstić information content (AvgIpc) is 2.29. The second-order valence-corrected chi connectivity index (χ2v) is 4.55. The van der Waals surface area contributed by atoms with E-state index in [-0.39, 0.29) is 12.8 Å². The van der Waals surface area contributed by atoms with Gasteiger partial charge >= 0.3 is 11.9 Å². The quantitative estimate of drug-likeness (QED) is 0.663. The first-order chi connectivity index (χ1) is 9.24. The molecule has 2 rings (SSSR count). The van der Waals surface area contributed by atoms with E-state index in [1.165, 1.54) is 0 Å². The zero-order valence-corrected chi connectivity index (χ0v) is 9.84. The molecule has 2 N–H and O–H groups in total. The van der Waals surface area contributed by atoms with Crippen LogP contribution >= 0.6 is 0 Å². The van der Waals surface area contributed by atoms with Crippen LogP contribution in [0.5, 0.6) is 0 Å². The molecule has 108 valence electrons. The Labute approximate surface area is 109 Å². The number of aliphatic carboxylic acids is 1. The summed E-state index contributed by atoms with van der Waals surface area (Å²) in [5, 5.41) is 17.6. The van der Waals surface area contributed by atoms with Crippen molar-refractivity contribution in [2.45, 2.75) is 24.7 Å². The summed E-state index contributed by atoms with van der Waals surface area (Å²) in [6.45, 7) is 0. The molecule has 0 unspecified atom stereocenters. The lowest BCUT2D eigenvalue weighted by molar-refractivity contribution is -0.147. The fourth-order valence-electron chi connectivity index (χ4n) is 2.34. The molecule has 8 heteroatoms. The number of hydrogen-bond donors (Lipinski definition) is 2. The molecule has 0 atom stereocenters. The third kappa shape index (κ3) is 1.67. The normalized spacial score (nSPS) is 16.6. The van der Waals surface area contributed by atoms with Crippen molar-refractivity contribution in [2.24, 2.45) is 0 Å². The molecule has 0 spiro atoms. The van der Waals surface area contributed by atoms with Gasteiger partial charge in [-0.25, -0.2) is 22.4 Å². The van der Waals surface area contributed by atoms with E-state index >= 15 is 0 Å². The Morgan fingerprint density at radius 1 is 0.900 bits per heavy atom. The Kier molecular flexibility index (Phi) is 3.19. The third-order valence-electron chi connectivity index (χ3n) is 3.57. The van der Waals surface area contributed by atoms with Crippen molar-refractivity contribution in [3.05, 3.63) is 34.4 Å². The minimum absolute atomic E-state index is 0.179. The second kappa shape index (κ2) is 4.46. The van der Waals surface area contributed by atoms with Crippen LogP contribution in [-0.4, -0.2) is 22.2 Å². The number of carboxylic acids is 2. The van der Waals surface area contributed by atoms with Gasteiger partial charge < -0.3 is 10.2 Å². The highest BCUT2D eigenvalue weighted by Gasteiger charge is 2.51. The highest BCUT2D eigenvalue weighted by molar-refractivity contribution is 5.89. The first-order valence-electron chi connectivity index (χ1n) is 5.57. The smallest absolute Gasteiger partial charge is 0.341 e. The van der Waals surface area contributed by atoms with Gasteiger partial charge in [0, 0.05) is 5.56 Å². The van der Waals surface area contributed by atoms with Gasteiger partial charge in [0.05, 0.1) is 5.41 Å². The highest BCUT2D eigenvalue weighted by atomic mass is 19.2. The molecule has 0 aromatic heterocycles. The van der Waals surface area contributed by atoms with Crippen molar-refractivity contribution in [2.75, 3.05) is 0 Å². The van der Waals surface area contributed by atoms with Gasteiger partial charge in [0.1, 0.15) is 5.56 Å². The van der Waals surface area contributed by atoms with Crippen molar-refractivity contribution in [1.29, 1.82) is 0 Å². The monoisotopic (exact) mass is 292 g/mol. The lowest BCUT2D eigenvalue weighted by atomic mass is 9.64. The maximum absolute atomic E-state index is 13.8. The fourth-order valence-corrected chi connectivity index (χ4v) is 2.34. The molecule has 0 heterocycles. The number of rotatable bonds is 3. The Hall–Kier alpha value is -2.12. The van der Waals surface area contributed by atoms with E-state index in [4.69, 9.17) is 10.2 Å². The number of benzene rings is 1. The summed E-state index contributed by atoms with van der Waals surface area (Å²) in [6, 6.07) is 0. The van der Waals surface area contributed by atoms with E-state index in [9.17, 15) is 27.2 Å². The topological polar surface area (TPSA) is 74.6 Å². The number of halogens is 4. The van der Waals surface area contributed by atoms with Crippen molar-refractivity contribution in [3.63, 3.8) is 0 Å². The van der Waals surface area contributed by atoms with Crippen LogP contribution in [0.2, 0.25) is 0 Å². The van der Waals surface area contributed by atoms with Gasteiger partial charge in [0.25, 0.3) is 0 Å². The standard InChI is InChI=1S/C12H8F4O4/c13-6-4(10(17)18)7(14)9(16)5(8(6)15)12(11(19)20)2-1-3-12/h1-3H2,(H,17,18)(H,19,20). The number of carboxylic acid groups (broad SMARTS) is 2. The molecule has 0 bridgehead atoms. The van der Waals surface area contributed by atoms with Gasteiger partial charge in [-0.3, -0.25) is 4.79 Å². The van der Waals surface area contributed by atoms with Crippen LogP contribution in [-0.2, 0) is 10.2 Å². The van der Waals surface area contributed by atoms with Gasteiger partial charge in [-0.1, -0.05) is 6.42 Å². The lowest BCUT2D eigenvalue weighted by Crippen LogP contribution is -2.44. The van der Waals surface area contributed by atoms with E-state index < -0.39 is 51.7 Å². The summed E-state index contributed by atoms with van der Waals surface area (Å²) in [4.78, 5) is 21.8. The molecule has 1 aromatic rings. The molecule has 0 aliphatic heterocycles. The number of aromatic carboxylic acids is 1. The Morgan fingerprint density at radius 3 is 1.60 bits per heavy atom. The van der Waals surface area contributed by atoms with Crippen molar-refractivity contribution < 1.29 is 37.4 Å². The lowest BCUT2D eigenvalue weighted by Gasteiger charge is -2.38. The van der Waals surface area contributed by atoms with Gasteiger partial charge in [0.15, 0.2) is 23.3 Å². The molecular weight excluding hydrogens is 284 g/mol. The van der Waals surface area contributed by atoms with E-state index in [0.29, 0.717) is 6.42 Å². The van der Waals surface area contributed by atoms with Crippen molar-refractivity contribution >= 4 is 11.9 Å². The predicted molar refractivity (Wildman–Crippen MR) is 56.4 cm³/mol. The van der Waals surface area contributed by atoms with Crippen LogP contribution in [0, 0.1) is 23.3 Å². The van der Waals surface area contributed by atoms with Crippen LogP contribution in [0.25, 0.3) is 0 Å². The molecule has 4 nitrogen and oxygen atoms in total. The van der Waals surface area contributed by atoms with Crippen LogP contribution in [0.3, 0.4) is 0 Å². The molecule has 20 heavy (non-hydrogen) atoms. The zero-order chi connectivity index (χ0) is 15.2. The number of hydrogen-bond acceptors (Lipinski definition) is 2. The minimum Gasteiger partial charge on any atom is -0.481 e. The molecule has 0 saturated heterocycles. The number of carbonyl (C=O) groups is 2. The SMILES string of the molecule is O=C(O)c1c(F)c(F)c(C2(C(=O)O)CCC2)c(F)c1F. The van der Waals surface area contributed by atoms with E-state index in [1.54, 1.807) is 0 Å². The van der Waals surface area contributed by atoms with Crippen LogP contribution in [0.4, 0.5) is 17.6 Å². The summed E-state index contributed by atoms with van der Waals surface area (Å²) in [7, 11) is 0. The van der Waals surface area contributed by atoms with Gasteiger partial charge in [0.2, 0.25) is 0 Å². The largest absolute Gasteiger partial charge is 0.481 e. The van der Waals surface area contributed by atoms with Crippen molar-refractivity contribution in [1.82, 2.24) is 0 Å². The van der Waals surface area contributed by atoms with Crippen molar-refractivity contribution in [3.8, 4) is 0 Å². The van der Waals surface area contributed by atoms with Gasteiger partial charge in [-0.15, -0.1) is 0 Å². The zero-order valence-electron chi connectivity index (χ0n) is 9.84. The molecule has 1 saturated carbocycles. The minimum atomic E-state index is -2.18. The molecule has 0 radical (unpaired) electrons. The van der Waals surface area contributed by atoms with Gasteiger partial charge in [-0.05, 0) is 12.8 Å². The second-order valence-electron chi connectivity index (χ2n) is 4.55. The van der Waals surface area contributed by atoms with E-state index in [0.717, 1.165) is 0 Å². The van der Waals surface area contributed by atoms with E-state index in [1.807, 2.05) is 0 Å². The molecule has 1 aliphatic carbocycles. The molecule has 1 aromatic carbocycles. The third-order valence-corrected chi connectivity index (χ3v) is 3.57. The maximum Gasteiger partial charge on any atom is 0.341 e. The predicted octanol–water partition coefficient (Wildman–Crippen LogP) is 2.45. The first kappa shape index (κ1) is 14.3. The maximum atomic E-state index is 13.8. The molecule has 1 fully saturated rings. The summed E-state index contributed by atoms with van der Waals surface area (Å²) < 4.78 is 54.8. The summed E-state index contributed by atoms with van der Waals surface area (Å²) >= 11 is 0. The van der Waals surface area contributed by atoms with Gasteiger partial charge in [-0.2, -0.15) is 0 Å². The van der Waals surface area contributed by atoms with Crippen LogP contribution in [0.15, 0.2) is 0 Å². The Morgan fingerprint density at radius 2 is 1.35 bits per heavy atom. The summed E-state index contributed by atoms with van der Waals surface area (Å²) in [5.74, 6) is -11.9. The summed E-state index contributed by atoms with van der Waals surface area (Å²) in [5.41, 5.74) is -5.08. The Balaban J connectivity index is 2.80. The average molecular weight is 292 g/mol. The van der Waals surface area contributed by atoms with E-state index in [2.05, 4.69) is 0 Å². The highest BCUT2D eigenvalue weighted by Crippen LogP contribution is 2.47. The molecular formula is C12H8F4O4. The molecule has 0 amide bonds. The Bertz CT molecular complexity index is 593.